The zero-order chi connectivity index (χ0) is 21.0. The van der Waals surface area contributed by atoms with Gasteiger partial charge in [-0.15, -0.1) is 0 Å². The van der Waals surface area contributed by atoms with Crippen LogP contribution in [0.15, 0.2) is 29.2 Å². The van der Waals surface area contributed by atoms with Gasteiger partial charge in [-0.05, 0) is 31.9 Å². The Morgan fingerprint density at radius 3 is 2.25 bits per heavy atom. The lowest BCUT2D eigenvalue weighted by Gasteiger charge is -2.15. The van der Waals surface area contributed by atoms with E-state index < -0.39 is 22.0 Å². The minimum atomic E-state index is -3.94. The summed E-state index contributed by atoms with van der Waals surface area (Å²) in [5.74, 6) is -1.41. The zero-order valence-electron chi connectivity index (χ0n) is 16.7. The van der Waals surface area contributed by atoms with Crippen LogP contribution in [0.3, 0.4) is 0 Å². The summed E-state index contributed by atoms with van der Waals surface area (Å²) in [6, 6.07) is 4.85. The third-order valence-electron chi connectivity index (χ3n) is 4.44. The molecule has 0 fully saturated rings. The highest BCUT2D eigenvalue weighted by Gasteiger charge is 2.25. The predicted molar refractivity (Wildman–Crippen MR) is 109 cm³/mol. The van der Waals surface area contributed by atoms with Gasteiger partial charge in [0.25, 0.3) is 0 Å². The molecular formula is C20H32N2O5S. The topological polar surface area (TPSA) is 113 Å². The fourth-order valence-electron chi connectivity index (χ4n) is 2.72. The smallest absolute Gasteiger partial charge is 0.321 e. The second-order valence-corrected chi connectivity index (χ2v) is 8.70. The summed E-state index contributed by atoms with van der Waals surface area (Å²) in [4.78, 5) is 23.2. The van der Waals surface area contributed by atoms with E-state index >= 15 is 0 Å². The second kappa shape index (κ2) is 12.5. The van der Waals surface area contributed by atoms with Gasteiger partial charge in [0, 0.05) is 13.0 Å². The number of aryl methyl sites for hydroxylation is 1. The summed E-state index contributed by atoms with van der Waals surface area (Å²) in [7, 11) is -3.94. The van der Waals surface area contributed by atoms with Gasteiger partial charge in [0.05, 0.1) is 4.90 Å². The highest BCUT2D eigenvalue weighted by molar-refractivity contribution is 7.89. The fourth-order valence-corrected chi connectivity index (χ4v) is 3.94. The molecule has 0 aliphatic rings. The first kappa shape index (κ1) is 24.1. The number of rotatable bonds is 14. The van der Waals surface area contributed by atoms with Crippen LogP contribution in [0, 0.1) is 6.92 Å². The Hall–Kier alpha value is -1.93. The molecule has 0 spiro atoms. The van der Waals surface area contributed by atoms with E-state index in [0.717, 1.165) is 24.8 Å². The largest absolute Gasteiger partial charge is 0.480 e. The van der Waals surface area contributed by atoms with Crippen molar-refractivity contribution < 1.29 is 23.1 Å². The van der Waals surface area contributed by atoms with E-state index in [1.165, 1.54) is 31.4 Å². The van der Waals surface area contributed by atoms with Crippen LogP contribution in [0.1, 0.15) is 63.9 Å². The molecule has 1 rings (SSSR count). The lowest BCUT2D eigenvalue weighted by atomic mass is 10.1. The van der Waals surface area contributed by atoms with E-state index in [-0.39, 0.29) is 23.8 Å². The molecule has 0 aliphatic carbocycles. The summed E-state index contributed by atoms with van der Waals surface area (Å²) >= 11 is 0. The zero-order valence-corrected chi connectivity index (χ0v) is 17.6. The van der Waals surface area contributed by atoms with E-state index in [4.69, 9.17) is 0 Å². The third kappa shape index (κ3) is 9.32. The van der Waals surface area contributed by atoms with E-state index in [0.29, 0.717) is 6.42 Å². The van der Waals surface area contributed by atoms with Crippen molar-refractivity contribution in [2.75, 3.05) is 6.54 Å². The number of carboxylic acid groups (broad SMARTS) is 1. The van der Waals surface area contributed by atoms with Crippen molar-refractivity contribution in [2.45, 2.75) is 76.2 Å². The second-order valence-electron chi connectivity index (χ2n) is 6.98. The van der Waals surface area contributed by atoms with Gasteiger partial charge in [-0.3, -0.25) is 9.59 Å². The molecule has 0 saturated carbocycles. The first-order valence-electron chi connectivity index (χ1n) is 9.84. The maximum Gasteiger partial charge on any atom is 0.321 e. The van der Waals surface area contributed by atoms with Crippen LogP contribution >= 0.6 is 0 Å². The minimum absolute atomic E-state index is 0.0106. The number of nitrogens with one attached hydrogen (secondary N) is 2. The van der Waals surface area contributed by atoms with Crippen LogP contribution in [-0.4, -0.2) is 38.0 Å². The first-order valence-corrected chi connectivity index (χ1v) is 11.3. The molecule has 0 aliphatic heterocycles. The Morgan fingerprint density at radius 2 is 1.64 bits per heavy atom. The molecular weight excluding hydrogens is 380 g/mol. The molecule has 0 unspecified atom stereocenters. The van der Waals surface area contributed by atoms with Crippen molar-refractivity contribution in [1.29, 1.82) is 0 Å². The Labute approximate surface area is 168 Å². The van der Waals surface area contributed by atoms with Crippen molar-refractivity contribution in [3.8, 4) is 0 Å². The molecule has 1 aromatic carbocycles. The molecule has 0 radical (unpaired) electrons. The average molecular weight is 413 g/mol. The van der Waals surface area contributed by atoms with Gasteiger partial charge in [0.15, 0.2) is 0 Å². The third-order valence-corrected chi connectivity index (χ3v) is 5.93. The number of carboxylic acids is 1. The van der Waals surface area contributed by atoms with Gasteiger partial charge in [-0.1, -0.05) is 56.7 Å². The van der Waals surface area contributed by atoms with Gasteiger partial charge in [-0.2, -0.15) is 4.72 Å². The van der Waals surface area contributed by atoms with Gasteiger partial charge < -0.3 is 10.4 Å². The Kier molecular flexibility index (Phi) is 10.8. The van der Waals surface area contributed by atoms with Crippen LogP contribution < -0.4 is 10.0 Å². The van der Waals surface area contributed by atoms with Gasteiger partial charge in [0.2, 0.25) is 15.9 Å². The van der Waals surface area contributed by atoms with Crippen LogP contribution in [0.25, 0.3) is 0 Å². The molecule has 1 amide bonds. The van der Waals surface area contributed by atoms with E-state index in [2.05, 4.69) is 17.0 Å². The van der Waals surface area contributed by atoms with Crippen molar-refractivity contribution in [2.24, 2.45) is 0 Å². The number of hydrogen-bond acceptors (Lipinski definition) is 4. The lowest BCUT2D eigenvalue weighted by Crippen LogP contribution is -2.43. The number of carbonyl (C=O) groups excluding carboxylic acids is 1. The molecule has 0 bridgehead atoms. The minimum Gasteiger partial charge on any atom is -0.480 e. The van der Waals surface area contributed by atoms with Crippen molar-refractivity contribution in [3.05, 3.63) is 29.8 Å². The average Bonchev–Trinajstić information content (AvgIpc) is 2.64. The maximum absolute atomic E-state index is 12.3. The number of unbranched alkanes of at least 4 members (excludes halogenated alkanes) is 5. The number of amides is 1. The molecule has 0 aromatic heterocycles. The molecule has 0 saturated heterocycles. The summed E-state index contributed by atoms with van der Waals surface area (Å²) in [5.41, 5.74) is 0.904. The van der Waals surface area contributed by atoms with E-state index in [9.17, 15) is 23.1 Å². The molecule has 1 aromatic rings. The van der Waals surface area contributed by atoms with Crippen LogP contribution in [-0.2, 0) is 19.6 Å². The predicted octanol–water partition coefficient (Wildman–Crippen LogP) is 2.98. The van der Waals surface area contributed by atoms with Gasteiger partial charge >= 0.3 is 5.97 Å². The lowest BCUT2D eigenvalue weighted by molar-refractivity contribution is -0.139. The van der Waals surface area contributed by atoms with Gasteiger partial charge in [0.1, 0.15) is 6.04 Å². The number of hydrogen-bond donors (Lipinski definition) is 3. The van der Waals surface area contributed by atoms with Gasteiger partial charge in [-0.25, -0.2) is 8.42 Å². The molecule has 0 heterocycles. The molecule has 7 nitrogen and oxygen atoms in total. The quantitative estimate of drug-likeness (QED) is 0.407. The van der Waals surface area contributed by atoms with Crippen molar-refractivity contribution >= 4 is 21.9 Å². The summed E-state index contributed by atoms with van der Waals surface area (Å²) in [6.45, 7) is 4.08. The molecule has 28 heavy (non-hydrogen) atoms. The SMILES string of the molecule is CCCCCCCCC(=O)NCC[C@H](NS(=O)(=O)c1ccc(C)cc1)C(=O)O. The van der Waals surface area contributed by atoms with E-state index in [1.807, 2.05) is 6.92 Å². The highest BCUT2D eigenvalue weighted by atomic mass is 32.2. The highest BCUT2D eigenvalue weighted by Crippen LogP contribution is 2.11. The molecule has 8 heteroatoms. The molecule has 158 valence electrons. The Morgan fingerprint density at radius 1 is 1.04 bits per heavy atom. The summed E-state index contributed by atoms with van der Waals surface area (Å²) in [6.07, 6.45) is 6.86. The number of aliphatic carboxylic acids is 1. The number of benzene rings is 1. The Bertz CT molecular complexity index is 717. The Balaban J connectivity index is 2.41. The molecule has 1 atom stereocenters. The summed E-state index contributed by atoms with van der Waals surface area (Å²) < 4.78 is 26.9. The normalized spacial score (nSPS) is 12.5. The first-order chi connectivity index (χ1) is 13.3. The molecule has 3 N–H and O–H groups in total. The number of carbonyl (C=O) groups is 2. The maximum atomic E-state index is 12.3. The fraction of sp³-hybridized carbons (Fsp3) is 0.600. The van der Waals surface area contributed by atoms with Crippen LogP contribution in [0.4, 0.5) is 0 Å². The monoisotopic (exact) mass is 412 g/mol. The number of sulfonamides is 1. The van der Waals surface area contributed by atoms with Crippen molar-refractivity contribution in [1.82, 2.24) is 10.0 Å². The standard InChI is InChI=1S/C20H32N2O5S/c1-3-4-5-6-7-8-9-19(23)21-15-14-18(20(24)25)22-28(26,27)17-12-10-16(2)11-13-17/h10-13,18,22H,3-9,14-15H2,1-2H3,(H,21,23)(H,24,25)/t18-/m0/s1. The van der Waals surface area contributed by atoms with E-state index in [1.54, 1.807) is 12.1 Å². The van der Waals surface area contributed by atoms with Crippen molar-refractivity contribution in [3.63, 3.8) is 0 Å². The van der Waals surface area contributed by atoms with Crippen LogP contribution in [0.5, 0.6) is 0 Å². The van der Waals surface area contributed by atoms with Crippen LogP contribution in [0.2, 0.25) is 0 Å². The summed E-state index contributed by atoms with van der Waals surface area (Å²) in [5, 5.41) is 12.0.